The lowest BCUT2D eigenvalue weighted by Gasteiger charge is -2.28. The molecule has 2 aromatic rings. The predicted octanol–water partition coefficient (Wildman–Crippen LogP) is 3.48. The SMILES string of the molecule is CC1CCCCC1n1cc(C(N)=O)c(Nc2ccccc2)n1. The highest BCUT2D eigenvalue weighted by Crippen LogP contribution is 2.34. The number of amides is 1. The lowest BCUT2D eigenvalue weighted by Crippen LogP contribution is -2.21. The molecule has 0 radical (unpaired) electrons. The van der Waals surface area contributed by atoms with Crippen LogP contribution in [0.4, 0.5) is 11.5 Å². The summed E-state index contributed by atoms with van der Waals surface area (Å²) in [6, 6.07) is 10.0. The molecule has 2 atom stereocenters. The first kappa shape index (κ1) is 14.6. The number of hydrogen-bond donors (Lipinski definition) is 2. The fourth-order valence-corrected chi connectivity index (χ4v) is 3.18. The second-order valence-electron chi connectivity index (χ2n) is 6.06. The molecule has 1 aliphatic carbocycles. The second kappa shape index (κ2) is 6.22. The van der Waals surface area contributed by atoms with E-state index in [2.05, 4.69) is 17.3 Å². The van der Waals surface area contributed by atoms with Crippen LogP contribution in [0.3, 0.4) is 0 Å². The van der Waals surface area contributed by atoms with Crippen LogP contribution in [0.25, 0.3) is 0 Å². The second-order valence-corrected chi connectivity index (χ2v) is 6.06. The molecule has 3 N–H and O–H groups in total. The van der Waals surface area contributed by atoms with Gasteiger partial charge in [-0.1, -0.05) is 38.0 Å². The van der Waals surface area contributed by atoms with Gasteiger partial charge >= 0.3 is 0 Å². The van der Waals surface area contributed by atoms with Crippen molar-refractivity contribution in [2.24, 2.45) is 11.7 Å². The Bertz CT molecular complexity index is 650. The van der Waals surface area contributed by atoms with E-state index < -0.39 is 5.91 Å². The Morgan fingerprint density at radius 3 is 2.68 bits per heavy atom. The molecular formula is C17H22N4O. The van der Waals surface area contributed by atoms with Crippen LogP contribution < -0.4 is 11.1 Å². The summed E-state index contributed by atoms with van der Waals surface area (Å²) >= 11 is 0. The zero-order valence-electron chi connectivity index (χ0n) is 12.8. The summed E-state index contributed by atoms with van der Waals surface area (Å²) in [5.74, 6) is 0.656. The number of primary amides is 1. The normalized spacial score (nSPS) is 21.5. The van der Waals surface area contributed by atoms with Crippen molar-refractivity contribution in [3.63, 3.8) is 0 Å². The van der Waals surface area contributed by atoms with E-state index in [-0.39, 0.29) is 0 Å². The summed E-state index contributed by atoms with van der Waals surface area (Å²) in [7, 11) is 0. The highest BCUT2D eigenvalue weighted by Gasteiger charge is 2.25. The molecule has 0 bridgehead atoms. The van der Waals surface area contributed by atoms with E-state index in [1.54, 1.807) is 6.20 Å². The Morgan fingerprint density at radius 1 is 1.27 bits per heavy atom. The number of nitrogens with one attached hydrogen (secondary N) is 1. The van der Waals surface area contributed by atoms with Crippen LogP contribution in [0.2, 0.25) is 0 Å². The Balaban J connectivity index is 1.90. The molecule has 1 aliphatic rings. The van der Waals surface area contributed by atoms with E-state index >= 15 is 0 Å². The lowest BCUT2D eigenvalue weighted by atomic mass is 9.86. The summed E-state index contributed by atoms with van der Waals surface area (Å²) in [6.07, 6.45) is 6.59. The predicted molar refractivity (Wildman–Crippen MR) is 87.1 cm³/mol. The molecule has 1 aromatic heterocycles. The minimum Gasteiger partial charge on any atom is -0.365 e. The maximum Gasteiger partial charge on any atom is 0.254 e. The molecule has 5 heteroatoms. The van der Waals surface area contributed by atoms with E-state index in [1.807, 2.05) is 35.0 Å². The van der Waals surface area contributed by atoms with Crippen molar-refractivity contribution in [3.05, 3.63) is 42.1 Å². The van der Waals surface area contributed by atoms with Crippen molar-refractivity contribution in [2.75, 3.05) is 5.32 Å². The van der Waals surface area contributed by atoms with Gasteiger partial charge in [0.2, 0.25) is 0 Å². The van der Waals surface area contributed by atoms with Crippen molar-refractivity contribution >= 4 is 17.4 Å². The molecule has 0 spiro atoms. The van der Waals surface area contributed by atoms with Gasteiger partial charge in [0, 0.05) is 11.9 Å². The van der Waals surface area contributed by atoms with Gasteiger partial charge in [0.1, 0.15) is 5.56 Å². The minimum atomic E-state index is -0.451. The highest BCUT2D eigenvalue weighted by molar-refractivity contribution is 5.98. The number of carbonyl (C=O) groups is 1. The molecule has 0 saturated heterocycles. The number of benzene rings is 1. The van der Waals surface area contributed by atoms with E-state index in [0.717, 1.165) is 12.1 Å². The number of rotatable bonds is 4. The first-order valence-electron chi connectivity index (χ1n) is 7.86. The monoisotopic (exact) mass is 298 g/mol. The summed E-state index contributed by atoms with van der Waals surface area (Å²) in [6.45, 7) is 2.25. The van der Waals surface area contributed by atoms with Crippen LogP contribution in [0.1, 0.15) is 49.0 Å². The third kappa shape index (κ3) is 2.98. The summed E-state index contributed by atoms with van der Waals surface area (Å²) in [4.78, 5) is 11.7. The number of para-hydroxylation sites is 1. The largest absolute Gasteiger partial charge is 0.365 e. The fraction of sp³-hybridized carbons (Fsp3) is 0.412. The van der Waals surface area contributed by atoms with Gasteiger partial charge in [-0.15, -0.1) is 0 Å². The first-order chi connectivity index (χ1) is 10.6. The van der Waals surface area contributed by atoms with E-state index in [4.69, 9.17) is 5.73 Å². The maximum absolute atomic E-state index is 11.7. The molecule has 3 rings (SSSR count). The van der Waals surface area contributed by atoms with E-state index in [9.17, 15) is 4.79 Å². The minimum absolute atomic E-state index is 0.346. The van der Waals surface area contributed by atoms with E-state index in [0.29, 0.717) is 23.3 Å². The summed E-state index contributed by atoms with van der Waals surface area (Å²) in [5.41, 5.74) is 6.85. The molecule has 1 amide bonds. The van der Waals surface area contributed by atoms with Crippen molar-refractivity contribution < 1.29 is 4.79 Å². The van der Waals surface area contributed by atoms with Gasteiger partial charge in [-0.3, -0.25) is 9.48 Å². The van der Waals surface area contributed by atoms with Crippen molar-refractivity contribution in [1.29, 1.82) is 0 Å². The van der Waals surface area contributed by atoms with Gasteiger partial charge < -0.3 is 11.1 Å². The van der Waals surface area contributed by atoms with Gasteiger partial charge in [0.15, 0.2) is 5.82 Å². The number of nitrogens with zero attached hydrogens (tertiary/aromatic N) is 2. The third-order valence-corrected chi connectivity index (χ3v) is 4.44. The zero-order chi connectivity index (χ0) is 15.5. The Morgan fingerprint density at radius 2 is 2.00 bits per heavy atom. The maximum atomic E-state index is 11.7. The first-order valence-corrected chi connectivity index (χ1v) is 7.86. The smallest absolute Gasteiger partial charge is 0.254 e. The Labute approximate surface area is 130 Å². The number of anilines is 2. The Hall–Kier alpha value is -2.30. The number of carbonyl (C=O) groups excluding carboxylic acids is 1. The molecule has 116 valence electrons. The van der Waals surface area contributed by atoms with Crippen LogP contribution in [-0.4, -0.2) is 15.7 Å². The van der Waals surface area contributed by atoms with Gasteiger partial charge in [-0.2, -0.15) is 5.10 Å². The number of hydrogen-bond acceptors (Lipinski definition) is 3. The quantitative estimate of drug-likeness (QED) is 0.907. The molecule has 5 nitrogen and oxygen atoms in total. The van der Waals surface area contributed by atoms with Gasteiger partial charge in [-0.25, -0.2) is 0 Å². The van der Waals surface area contributed by atoms with E-state index in [1.165, 1.54) is 19.3 Å². The van der Waals surface area contributed by atoms with Gasteiger partial charge in [0.05, 0.1) is 6.04 Å². The molecule has 22 heavy (non-hydrogen) atoms. The molecule has 1 saturated carbocycles. The average Bonchev–Trinajstić information content (AvgIpc) is 2.92. The molecular weight excluding hydrogens is 276 g/mol. The molecule has 2 unspecified atom stereocenters. The summed E-state index contributed by atoms with van der Waals surface area (Å²) in [5, 5.41) is 7.80. The molecule has 1 fully saturated rings. The lowest BCUT2D eigenvalue weighted by molar-refractivity contribution is 0.100. The van der Waals surface area contributed by atoms with Crippen LogP contribution in [-0.2, 0) is 0 Å². The highest BCUT2D eigenvalue weighted by atomic mass is 16.1. The zero-order valence-corrected chi connectivity index (χ0v) is 12.8. The number of nitrogens with two attached hydrogens (primary N) is 1. The van der Waals surface area contributed by atoms with Crippen molar-refractivity contribution in [3.8, 4) is 0 Å². The van der Waals surface area contributed by atoms with Gasteiger partial charge in [-0.05, 0) is 30.9 Å². The average molecular weight is 298 g/mol. The standard InChI is InChI=1S/C17H22N4O/c1-12-7-5-6-10-15(12)21-11-14(16(18)22)17(20-21)19-13-8-3-2-4-9-13/h2-4,8-9,11-12,15H,5-7,10H2,1H3,(H2,18,22)(H,19,20). The molecule has 1 heterocycles. The van der Waals surface area contributed by atoms with Crippen molar-refractivity contribution in [1.82, 2.24) is 9.78 Å². The number of aromatic nitrogens is 2. The molecule has 0 aliphatic heterocycles. The van der Waals surface area contributed by atoms with Crippen LogP contribution in [0, 0.1) is 5.92 Å². The van der Waals surface area contributed by atoms with Gasteiger partial charge in [0.25, 0.3) is 5.91 Å². The third-order valence-electron chi connectivity index (χ3n) is 4.44. The van der Waals surface area contributed by atoms with Crippen LogP contribution >= 0.6 is 0 Å². The molecule has 1 aromatic carbocycles. The topological polar surface area (TPSA) is 72.9 Å². The van der Waals surface area contributed by atoms with Crippen LogP contribution in [0.15, 0.2) is 36.5 Å². The summed E-state index contributed by atoms with van der Waals surface area (Å²) < 4.78 is 1.93. The van der Waals surface area contributed by atoms with Crippen LogP contribution in [0.5, 0.6) is 0 Å². The van der Waals surface area contributed by atoms with Crippen molar-refractivity contribution in [2.45, 2.75) is 38.6 Å². The fourth-order valence-electron chi connectivity index (χ4n) is 3.18. The Kier molecular flexibility index (Phi) is 4.13.